The molecule has 16 heteroatoms. The largest absolute Gasteiger partial charge is 0.497 e. The van der Waals surface area contributed by atoms with E-state index in [0.717, 1.165) is 0 Å². The molecule has 0 aliphatic heterocycles. The molecule has 12 nitrogen and oxygen atoms in total. The van der Waals surface area contributed by atoms with Gasteiger partial charge in [-0.15, -0.1) is 0 Å². The van der Waals surface area contributed by atoms with Crippen molar-refractivity contribution in [2.75, 3.05) is 13.7 Å². The Bertz CT molecular complexity index is 1640. The number of Topliss-reactive ketones (excluding diaryl/α,β-unsaturated/α-hetero) is 1. The molecule has 256 valence electrons. The number of nitrogens with zero attached hydrogens (tertiary/aromatic N) is 1. The van der Waals surface area contributed by atoms with Gasteiger partial charge >= 0.3 is 12.1 Å². The average Bonchev–Trinajstić information content (AvgIpc) is 3.04. The van der Waals surface area contributed by atoms with Gasteiger partial charge in [-0.05, 0) is 47.4 Å². The van der Waals surface area contributed by atoms with Crippen molar-refractivity contribution in [2.24, 2.45) is 5.92 Å². The van der Waals surface area contributed by atoms with Crippen LogP contribution in [-0.2, 0) is 25.6 Å². The maximum absolute atomic E-state index is 13.8. The smallest absolute Gasteiger partial charge is 0.452 e. The van der Waals surface area contributed by atoms with Crippen molar-refractivity contribution in [3.8, 4) is 11.6 Å². The molecule has 1 heterocycles. The van der Waals surface area contributed by atoms with Crippen LogP contribution < -0.4 is 25.4 Å². The van der Waals surface area contributed by atoms with Gasteiger partial charge in [-0.1, -0.05) is 55.8 Å². The van der Waals surface area contributed by atoms with Crippen molar-refractivity contribution < 1.29 is 51.7 Å². The van der Waals surface area contributed by atoms with Crippen LogP contribution in [0.15, 0.2) is 66.7 Å². The summed E-state index contributed by atoms with van der Waals surface area (Å²) in [5.74, 6) is -7.13. The van der Waals surface area contributed by atoms with Gasteiger partial charge in [0.25, 0.3) is 11.7 Å². The lowest BCUT2D eigenvalue weighted by molar-refractivity contribution is -0.175. The third-order valence-corrected chi connectivity index (χ3v) is 7.01. The average molecular weight is 693 g/mol. The van der Waals surface area contributed by atoms with E-state index in [-0.39, 0.29) is 23.6 Å². The van der Waals surface area contributed by atoms with Gasteiger partial charge in [0.15, 0.2) is 6.61 Å². The molecule has 0 saturated carbocycles. The molecule has 0 unspecified atom stereocenters. The molecule has 0 spiro atoms. The van der Waals surface area contributed by atoms with Crippen LogP contribution in [0.5, 0.6) is 11.6 Å². The van der Waals surface area contributed by atoms with Crippen molar-refractivity contribution in [1.82, 2.24) is 20.9 Å². The highest BCUT2D eigenvalue weighted by Gasteiger charge is 2.45. The zero-order valence-electron chi connectivity index (χ0n) is 25.8. The third kappa shape index (κ3) is 10.7. The van der Waals surface area contributed by atoms with E-state index in [2.05, 4.69) is 20.9 Å². The predicted octanol–water partition coefficient (Wildman–Crippen LogP) is 3.68. The number of aromatic nitrogens is 1. The molecule has 3 amide bonds. The number of benzene rings is 2. The summed E-state index contributed by atoms with van der Waals surface area (Å²) in [4.78, 5) is 67.6. The predicted molar refractivity (Wildman–Crippen MR) is 165 cm³/mol. The number of halogens is 4. The number of ketones is 1. The number of methoxy groups -OCH3 is 1. The molecule has 0 bridgehead atoms. The van der Waals surface area contributed by atoms with Crippen molar-refractivity contribution in [3.63, 3.8) is 0 Å². The lowest BCUT2D eigenvalue weighted by Crippen LogP contribution is -2.55. The SMILES string of the molecule is COc1ccc([C@H](NC(=O)[C@H](Cc2cccc(Cl)c2)NC(=O)c2cccc(OCC(=O)O)n2)C(=O)N[C@H](C(=O)C(F)(F)F)C(C)C)cc1. The first-order valence-corrected chi connectivity index (χ1v) is 14.7. The van der Waals surface area contributed by atoms with Gasteiger partial charge in [0.2, 0.25) is 17.7 Å². The number of aliphatic carboxylic acids is 1. The van der Waals surface area contributed by atoms with E-state index in [1.807, 2.05) is 0 Å². The number of carbonyl (C=O) groups is 5. The first-order valence-electron chi connectivity index (χ1n) is 14.3. The third-order valence-electron chi connectivity index (χ3n) is 6.77. The highest BCUT2D eigenvalue weighted by Crippen LogP contribution is 2.24. The molecule has 0 aliphatic rings. The van der Waals surface area contributed by atoms with Crippen molar-refractivity contribution in [2.45, 2.75) is 44.6 Å². The number of nitrogens with one attached hydrogen (secondary N) is 3. The molecule has 0 aliphatic carbocycles. The second kappa shape index (κ2) is 16.6. The van der Waals surface area contributed by atoms with Crippen molar-refractivity contribution >= 4 is 41.1 Å². The summed E-state index contributed by atoms with van der Waals surface area (Å²) >= 11 is 6.12. The Morgan fingerprint density at radius 1 is 0.917 bits per heavy atom. The Balaban J connectivity index is 1.97. The van der Waals surface area contributed by atoms with E-state index in [4.69, 9.17) is 26.2 Å². The standard InChI is InChI=1S/C32H32ClF3N4O8/c1-17(2)26(28(43)32(34,35)36)39-31(46)27(19-10-12-21(47-3)13-11-19)40-30(45)23(15-18-6-4-7-20(33)14-18)38-29(44)22-8-5-9-24(37-22)48-16-25(41)42/h4-14,17,23,26-27H,15-16H2,1-3H3,(H,38,44)(H,39,46)(H,40,45)(H,41,42)/t23-,26-,27-/m0/s1. The molecular weight excluding hydrogens is 661 g/mol. The van der Waals surface area contributed by atoms with Gasteiger partial charge in [0, 0.05) is 17.5 Å². The second-order valence-corrected chi connectivity index (χ2v) is 11.1. The number of rotatable bonds is 15. The first-order chi connectivity index (χ1) is 22.6. The van der Waals surface area contributed by atoms with Crippen LogP contribution in [0.2, 0.25) is 5.02 Å². The molecule has 3 aromatic rings. The number of alkyl halides is 3. The summed E-state index contributed by atoms with van der Waals surface area (Å²) in [5, 5.41) is 16.3. The Morgan fingerprint density at radius 3 is 2.17 bits per heavy atom. The van der Waals surface area contributed by atoms with Crippen molar-refractivity contribution in [1.29, 1.82) is 0 Å². The molecule has 0 fully saturated rings. The van der Waals surface area contributed by atoms with E-state index in [0.29, 0.717) is 16.3 Å². The number of pyridine rings is 1. The van der Waals surface area contributed by atoms with Crippen LogP contribution in [0.1, 0.15) is 41.5 Å². The fourth-order valence-corrected chi connectivity index (χ4v) is 4.60. The molecule has 3 rings (SSSR count). The molecule has 4 N–H and O–H groups in total. The zero-order valence-corrected chi connectivity index (χ0v) is 26.6. The van der Waals surface area contributed by atoms with E-state index in [9.17, 15) is 37.1 Å². The summed E-state index contributed by atoms with van der Waals surface area (Å²) < 4.78 is 50.2. The van der Waals surface area contributed by atoms with E-state index >= 15 is 0 Å². The monoisotopic (exact) mass is 692 g/mol. The first kappa shape index (κ1) is 37.3. The normalized spacial score (nSPS) is 13.1. The number of hydrogen-bond acceptors (Lipinski definition) is 8. The van der Waals surface area contributed by atoms with Crippen molar-refractivity contribution in [3.05, 3.63) is 88.6 Å². The highest BCUT2D eigenvalue weighted by atomic mass is 35.5. The van der Waals surface area contributed by atoms with Gasteiger partial charge < -0.3 is 30.5 Å². The van der Waals surface area contributed by atoms with Crippen LogP contribution in [-0.4, -0.2) is 71.5 Å². The quantitative estimate of drug-likeness (QED) is 0.185. The Labute approximate surface area is 278 Å². The molecule has 0 radical (unpaired) electrons. The summed E-state index contributed by atoms with van der Waals surface area (Å²) in [5.41, 5.74) is 0.383. The van der Waals surface area contributed by atoms with Crippen LogP contribution in [0.4, 0.5) is 13.2 Å². The maximum Gasteiger partial charge on any atom is 0.452 e. The summed E-state index contributed by atoms with van der Waals surface area (Å²) in [7, 11) is 1.39. The fraction of sp³-hybridized carbons (Fsp3) is 0.312. The molecular formula is C32H32ClF3N4O8. The minimum atomic E-state index is -5.24. The molecule has 48 heavy (non-hydrogen) atoms. The number of ether oxygens (including phenoxy) is 2. The molecule has 3 atom stereocenters. The van der Waals surface area contributed by atoms with E-state index < -0.39 is 66.3 Å². The minimum absolute atomic E-state index is 0.126. The van der Waals surface area contributed by atoms with E-state index in [1.165, 1.54) is 69.5 Å². The van der Waals surface area contributed by atoms with Gasteiger partial charge in [-0.3, -0.25) is 19.2 Å². The van der Waals surface area contributed by atoms with Gasteiger partial charge in [0.05, 0.1) is 13.2 Å². The second-order valence-electron chi connectivity index (χ2n) is 10.7. The molecule has 2 aromatic carbocycles. The van der Waals surface area contributed by atoms with Crippen LogP contribution >= 0.6 is 11.6 Å². The molecule has 0 saturated heterocycles. The number of hydrogen-bond donors (Lipinski definition) is 4. The Hall–Kier alpha value is -5.18. The fourth-order valence-electron chi connectivity index (χ4n) is 4.39. The van der Waals surface area contributed by atoms with Gasteiger partial charge in [0.1, 0.15) is 23.5 Å². The summed E-state index contributed by atoms with van der Waals surface area (Å²) in [6.07, 6.45) is -5.40. The van der Waals surface area contributed by atoms with Gasteiger partial charge in [-0.25, -0.2) is 9.78 Å². The summed E-state index contributed by atoms with van der Waals surface area (Å²) in [6.45, 7) is 1.92. The minimum Gasteiger partial charge on any atom is -0.497 e. The van der Waals surface area contributed by atoms with E-state index in [1.54, 1.807) is 18.2 Å². The lowest BCUT2D eigenvalue weighted by atomic mass is 9.97. The topological polar surface area (TPSA) is 173 Å². The number of carbonyl (C=O) groups excluding carboxylic acids is 4. The highest BCUT2D eigenvalue weighted by molar-refractivity contribution is 6.30. The van der Waals surface area contributed by atoms with Crippen LogP contribution in [0.3, 0.4) is 0 Å². The maximum atomic E-state index is 13.8. The van der Waals surface area contributed by atoms with Crippen LogP contribution in [0, 0.1) is 5.92 Å². The molecule has 1 aromatic heterocycles. The summed E-state index contributed by atoms with van der Waals surface area (Å²) in [6, 6.07) is 11.1. The number of amides is 3. The number of carboxylic acid groups (broad SMARTS) is 1. The Morgan fingerprint density at radius 2 is 1.58 bits per heavy atom. The van der Waals surface area contributed by atoms with Gasteiger partial charge in [-0.2, -0.15) is 13.2 Å². The zero-order chi connectivity index (χ0) is 35.6. The van der Waals surface area contributed by atoms with Crippen LogP contribution in [0.25, 0.3) is 0 Å². The lowest BCUT2D eigenvalue weighted by Gasteiger charge is -2.27. The number of carboxylic acids is 1. The Kier molecular flexibility index (Phi) is 12.9.